The number of aromatic hydroxyl groups is 1. The fourth-order valence-electron chi connectivity index (χ4n) is 2.52. The van der Waals surface area contributed by atoms with E-state index < -0.39 is 0 Å². The monoisotopic (exact) mass is 239 g/mol. The number of hydrogen-bond acceptors (Lipinski definition) is 2. The molecule has 1 aliphatic carbocycles. The molecule has 3 heteroatoms. The molecule has 1 aromatic rings. The minimum absolute atomic E-state index is 0.335. The van der Waals surface area contributed by atoms with E-state index in [1.165, 1.54) is 0 Å². The van der Waals surface area contributed by atoms with Gasteiger partial charge in [0, 0.05) is 16.1 Å². The molecule has 0 saturated heterocycles. The van der Waals surface area contributed by atoms with E-state index in [9.17, 15) is 5.11 Å². The van der Waals surface area contributed by atoms with Crippen LogP contribution in [0.2, 0.25) is 5.02 Å². The Morgan fingerprint density at radius 3 is 2.12 bits per heavy atom. The van der Waals surface area contributed by atoms with Gasteiger partial charge >= 0.3 is 0 Å². The van der Waals surface area contributed by atoms with Gasteiger partial charge in [0.1, 0.15) is 5.75 Å². The number of halogens is 1. The van der Waals surface area contributed by atoms with Crippen molar-refractivity contribution in [1.29, 1.82) is 0 Å². The lowest BCUT2D eigenvalue weighted by Crippen LogP contribution is -2.44. The zero-order valence-electron chi connectivity index (χ0n) is 10.0. The van der Waals surface area contributed by atoms with Crippen molar-refractivity contribution in [2.24, 2.45) is 5.73 Å². The Labute approximate surface area is 101 Å². The number of benzene rings is 1. The van der Waals surface area contributed by atoms with Gasteiger partial charge in [0.25, 0.3) is 0 Å². The van der Waals surface area contributed by atoms with Gasteiger partial charge in [-0.1, -0.05) is 11.6 Å². The van der Waals surface area contributed by atoms with E-state index in [0.29, 0.717) is 5.75 Å². The second-order valence-corrected chi connectivity index (χ2v) is 5.30. The van der Waals surface area contributed by atoms with Crippen LogP contribution >= 0.6 is 11.6 Å². The molecule has 1 fully saturated rings. The van der Waals surface area contributed by atoms with Crippen molar-refractivity contribution >= 4 is 11.6 Å². The Hall–Kier alpha value is -0.730. The molecule has 0 aromatic heterocycles. The lowest BCUT2D eigenvalue weighted by Gasteiger charge is -2.40. The van der Waals surface area contributed by atoms with Crippen molar-refractivity contribution in [2.45, 2.75) is 45.6 Å². The minimum Gasteiger partial charge on any atom is -0.507 e. The highest BCUT2D eigenvalue weighted by atomic mass is 35.5. The topological polar surface area (TPSA) is 46.2 Å². The van der Waals surface area contributed by atoms with Gasteiger partial charge in [-0.15, -0.1) is 0 Å². The summed E-state index contributed by atoms with van der Waals surface area (Å²) in [6.07, 6.45) is 2.99. The second-order valence-electron chi connectivity index (χ2n) is 4.92. The fourth-order valence-corrected chi connectivity index (χ4v) is 2.75. The fraction of sp³-hybridized carbons (Fsp3) is 0.538. The third-order valence-electron chi connectivity index (χ3n) is 3.93. The first-order valence-corrected chi connectivity index (χ1v) is 6.04. The molecule has 0 radical (unpaired) electrons. The molecule has 2 nitrogen and oxygen atoms in total. The summed E-state index contributed by atoms with van der Waals surface area (Å²) in [5.41, 5.74) is 9.52. The Bertz CT molecular complexity index is 421. The summed E-state index contributed by atoms with van der Waals surface area (Å²) in [7, 11) is 0. The van der Waals surface area contributed by atoms with E-state index in [4.69, 9.17) is 17.3 Å². The maximum atomic E-state index is 10.2. The average molecular weight is 240 g/mol. The maximum Gasteiger partial charge on any atom is 0.124 e. The smallest absolute Gasteiger partial charge is 0.124 e. The highest BCUT2D eigenvalue weighted by molar-refractivity contribution is 6.32. The normalized spacial score (nSPS) is 18.3. The highest BCUT2D eigenvalue weighted by Gasteiger charge is 2.39. The van der Waals surface area contributed by atoms with Gasteiger partial charge in [0.15, 0.2) is 0 Å². The van der Waals surface area contributed by atoms with Crippen LogP contribution in [0.4, 0.5) is 0 Å². The van der Waals surface area contributed by atoms with Crippen LogP contribution in [0.25, 0.3) is 0 Å². The number of rotatable bonds is 1. The Kier molecular flexibility index (Phi) is 2.67. The largest absolute Gasteiger partial charge is 0.507 e. The first-order valence-electron chi connectivity index (χ1n) is 5.66. The molecule has 0 atom stereocenters. The Morgan fingerprint density at radius 2 is 1.69 bits per heavy atom. The summed E-state index contributed by atoms with van der Waals surface area (Å²) >= 11 is 6.28. The Balaban J connectivity index is 2.70. The summed E-state index contributed by atoms with van der Waals surface area (Å²) < 4.78 is 0. The van der Waals surface area contributed by atoms with Crippen LogP contribution in [-0.4, -0.2) is 5.11 Å². The van der Waals surface area contributed by atoms with E-state index >= 15 is 0 Å². The van der Waals surface area contributed by atoms with Crippen LogP contribution in [0, 0.1) is 20.8 Å². The molecule has 1 aromatic carbocycles. The quantitative estimate of drug-likeness (QED) is 0.790. The number of hydrogen-bond donors (Lipinski definition) is 2. The van der Waals surface area contributed by atoms with Gasteiger partial charge in [0.05, 0.1) is 0 Å². The van der Waals surface area contributed by atoms with Gasteiger partial charge in [-0.2, -0.15) is 0 Å². The third-order valence-corrected chi connectivity index (χ3v) is 4.50. The van der Waals surface area contributed by atoms with Crippen molar-refractivity contribution in [3.05, 3.63) is 27.3 Å². The molecule has 3 N–H and O–H groups in total. The predicted molar refractivity (Wildman–Crippen MR) is 67.0 cm³/mol. The molecule has 0 bridgehead atoms. The molecule has 2 rings (SSSR count). The number of phenolic OH excluding ortho intramolecular Hbond substituents is 1. The van der Waals surface area contributed by atoms with E-state index in [1.54, 1.807) is 0 Å². The first-order chi connectivity index (χ1) is 7.38. The zero-order valence-corrected chi connectivity index (χ0v) is 10.8. The maximum absolute atomic E-state index is 10.2. The molecule has 16 heavy (non-hydrogen) atoms. The van der Waals surface area contributed by atoms with Crippen molar-refractivity contribution < 1.29 is 5.11 Å². The van der Waals surface area contributed by atoms with Gasteiger partial charge in [-0.25, -0.2) is 0 Å². The van der Waals surface area contributed by atoms with Crippen LogP contribution in [0.5, 0.6) is 5.75 Å². The van der Waals surface area contributed by atoms with E-state index in [0.717, 1.165) is 46.5 Å². The molecular formula is C13H18ClNO. The summed E-state index contributed by atoms with van der Waals surface area (Å²) in [6, 6.07) is 0. The van der Waals surface area contributed by atoms with Gasteiger partial charge < -0.3 is 10.8 Å². The molecule has 0 spiro atoms. The molecule has 0 aliphatic heterocycles. The number of phenols is 1. The van der Waals surface area contributed by atoms with Gasteiger partial charge in [-0.05, 0) is 56.7 Å². The second kappa shape index (κ2) is 3.64. The van der Waals surface area contributed by atoms with Gasteiger partial charge in [-0.3, -0.25) is 0 Å². The SMILES string of the molecule is Cc1c(C)c(Cl)c(C)c(C2(N)CCC2)c1O. The Morgan fingerprint density at radius 1 is 1.12 bits per heavy atom. The van der Waals surface area contributed by atoms with Crippen molar-refractivity contribution in [1.82, 2.24) is 0 Å². The predicted octanol–water partition coefficient (Wildman–Crippen LogP) is 3.31. The lowest BCUT2D eigenvalue weighted by atomic mass is 9.70. The van der Waals surface area contributed by atoms with Crippen LogP contribution < -0.4 is 5.73 Å². The van der Waals surface area contributed by atoms with Crippen molar-refractivity contribution in [3.63, 3.8) is 0 Å². The third kappa shape index (κ3) is 1.44. The van der Waals surface area contributed by atoms with Crippen LogP contribution in [0.1, 0.15) is 41.5 Å². The highest BCUT2D eigenvalue weighted by Crippen LogP contribution is 2.47. The van der Waals surface area contributed by atoms with Gasteiger partial charge in [0.2, 0.25) is 0 Å². The van der Waals surface area contributed by atoms with E-state index in [1.807, 2.05) is 20.8 Å². The van der Waals surface area contributed by atoms with Crippen molar-refractivity contribution in [3.8, 4) is 5.75 Å². The summed E-state index contributed by atoms with van der Waals surface area (Å²) in [6.45, 7) is 5.76. The van der Waals surface area contributed by atoms with Crippen molar-refractivity contribution in [2.75, 3.05) is 0 Å². The van der Waals surface area contributed by atoms with E-state index in [2.05, 4.69) is 0 Å². The average Bonchev–Trinajstić information content (AvgIpc) is 2.21. The lowest BCUT2D eigenvalue weighted by molar-refractivity contribution is 0.244. The van der Waals surface area contributed by atoms with Crippen LogP contribution in [0.3, 0.4) is 0 Å². The number of nitrogens with two attached hydrogens (primary N) is 1. The molecule has 0 amide bonds. The first kappa shape index (κ1) is 11.7. The summed E-state index contributed by atoms with van der Waals surface area (Å²) in [4.78, 5) is 0. The molecule has 1 saturated carbocycles. The molecule has 88 valence electrons. The molecule has 1 aliphatic rings. The van der Waals surface area contributed by atoms with Crippen LogP contribution in [0.15, 0.2) is 0 Å². The minimum atomic E-state index is -0.365. The van der Waals surface area contributed by atoms with E-state index in [-0.39, 0.29) is 5.54 Å². The molecule has 0 heterocycles. The standard InChI is InChI=1S/C13H18ClNO/c1-7-8(2)12(16)10(9(3)11(7)14)13(15)5-4-6-13/h16H,4-6,15H2,1-3H3. The molecule has 0 unspecified atom stereocenters. The summed E-state index contributed by atoms with van der Waals surface area (Å²) in [5.74, 6) is 0.335. The zero-order chi connectivity index (χ0) is 12.1. The van der Waals surface area contributed by atoms with Crippen LogP contribution in [-0.2, 0) is 5.54 Å². The summed E-state index contributed by atoms with van der Waals surface area (Å²) in [5, 5.41) is 11.0. The molecular weight excluding hydrogens is 222 g/mol.